The zero-order valence-corrected chi connectivity index (χ0v) is 10.3. The molecule has 2 heterocycles. The van der Waals surface area contributed by atoms with Gasteiger partial charge in [0, 0.05) is 0 Å². The van der Waals surface area contributed by atoms with Crippen LogP contribution in [0.15, 0.2) is 48.1 Å². The summed E-state index contributed by atoms with van der Waals surface area (Å²) >= 11 is 0. The quantitative estimate of drug-likeness (QED) is 0.553. The summed E-state index contributed by atoms with van der Waals surface area (Å²) in [6.07, 6.45) is 3.04. The van der Waals surface area contributed by atoms with Crippen molar-refractivity contribution in [2.75, 3.05) is 5.43 Å². The number of rotatable bonds is 3. The van der Waals surface area contributed by atoms with Gasteiger partial charge in [-0.05, 0) is 12.5 Å². The van der Waals surface area contributed by atoms with Crippen molar-refractivity contribution in [2.45, 2.75) is 6.92 Å². The molecular weight excluding hydrogens is 240 g/mol. The summed E-state index contributed by atoms with van der Waals surface area (Å²) in [7, 11) is 0. The first-order chi connectivity index (χ1) is 9.34. The Morgan fingerprint density at radius 1 is 1.16 bits per heavy atom. The highest BCUT2D eigenvalue weighted by atomic mass is 15.3. The minimum atomic E-state index is 0.609. The lowest BCUT2D eigenvalue weighted by molar-refractivity contribution is 1.16. The molecule has 1 aromatic carbocycles. The van der Waals surface area contributed by atoms with E-state index in [2.05, 4.69) is 30.5 Å². The van der Waals surface area contributed by atoms with Crippen molar-refractivity contribution < 1.29 is 0 Å². The number of nitrogens with zero attached hydrogens (tertiary/aromatic N) is 4. The van der Waals surface area contributed by atoms with Crippen molar-refractivity contribution in [2.24, 2.45) is 5.10 Å². The van der Waals surface area contributed by atoms with Crippen LogP contribution in [0, 0.1) is 0 Å². The van der Waals surface area contributed by atoms with Crippen molar-refractivity contribution in [1.82, 2.24) is 19.9 Å². The third-order valence-corrected chi connectivity index (χ3v) is 2.74. The van der Waals surface area contributed by atoms with Crippen LogP contribution in [0.5, 0.6) is 0 Å². The van der Waals surface area contributed by atoms with Gasteiger partial charge in [-0.3, -0.25) is 5.43 Å². The van der Waals surface area contributed by atoms with Gasteiger partial charge >= 0.3 is 0 Å². The summed E-state index contributed by atoms with van der Waals surface area (Å²) < 4.78 is 0. The van der Waals surface area contributed by atoms with E-state index < -0.39 is 0 Å². The molecule has 0 aliphatic heterocycles. The van der Waals surface area contributed by atoms with Crippen LogP contribution in [0.1, 0.15) is 12.5 Å². The van der Waals surface area contributed by atoms with Gasteiger partial charge in [0.15, 0.2) is 11.5 Å². The van der Waals surface area contributed by atoms with Gasteiger partial charge in [0.25, 0.3) is 0 Å². The normalized spacial score (nSPS) is 11.7. The van der Waals surface area contributed by atoms with Crippen molar-refractivity contribution in [3.05, 3.63) is 48.5 Å². The summed E-state index contributed by atoms with van der Waals surface area (Å²) in [6, 6.07) is 9.94. The molecule has 0 saturated carbocycles. The fraction of sp³-hybridized carbons (Fsp3) is 0.0769. The highest BCUT2D eigenvalue weighted by Crippen LogP contribution is 2.14. The average molecular weight is 252 g/mol. The molecule has 2 aromatic heterocycles. The Morgan fingerprint density at radius 2 is 2.00 bits per heavy atom. The van der Waals surface area contributed by atoms with E-state index in [0.717, 1.165) is 16.8 Å². The minimum Gasteiger partial charge on any atom is -0.340 e. The van der Waals surface area contributed by atoms with Crippen molar-refractivity contribution >= 4 is 22.7 Å². The molecule has 6 heteroatoms. The molecule has 3 aromatic rings. The number of nitrogens with one attached hydrogen (secondary N) is 2. The lowest BCUT2D eigenvalue weighted by Gasteiger charge is -2.03. The molecule has 0 amide bonds. The number of anilines is 1. The summed E-state index contributed by atoms with van der Waals surface area (Å²) in [5.41, 5.74) is 6.24. The predicted molar refractivity (Wildman–Crippen MR) is 74.0 cm³/mol. The van der Waals surface area contributed by atoms with Crippen molar-refractivity contribution in [1.29, 1.82) is 0 Å². The average Bonchev–Trinajstić information content (AvgIpc) is 2.94. The van der Waals surface area contributed by atoms with Crippen LogP contribution in [0.4, 0.5) is 5.82 Å². The molecule has 0 spiro atoms. The van der Waals surface area contributed by atoms with Gasteiger partial charge in [-0.1, -0.05) is 30.3 Å². The van der Waals surface area contributed by atoms with Gasteiger partial charge < -0.3 is 4.98 Å². The number of aromatic amines is 1. The number of hydrogen-bond acceptors (Lipinski definition) is 5. The largest absolute Gasteiger partial charge is 0.340 e. The predicted octanol–water partition coefficient (Wildman–Crippen LogP) is 2.19. The van der Waals surface area contributed by atoms with Crippen LogP contribution >= 0.6 is 0 Å². The van der Waals surface area contributed by atoms with Crippen LogP contribution < -0.4 is 5.43 Å². The maximum absolute atomic E-state index is 4.32. The minimum absolute atomic E-state index is 0.609. The van der Waals surface area contributed by atoms with Crippen LogP contribution in [-0.4, -0.2) is 25.6 Å². The lowest BCUT2D eigenvalue weighted by Crippen LogP contribution is -2.01. The molecule has 3 rings (SSSR count). The topological polar surface area (TPSA) is 78.8 Å². The molecule has 94 valence electrons. The Balaban J connectivity index is 1.88. The van der Waals surface area contributed by atoms with E-state index in [4.69, 9.17) is 0 Å². The third-order valence-electron chi connectivity index (χ3n) is 2.74. The molecule has 0 aliphatic carbocycles. The molecule has 0 atom stereocenters. The van der Waals surface area contributed by atoms with Gasteiger partial charge in [0.05, 0.1) is 12.0 Å². The number of hydrazone groups is 1. The van der Waals surface area contributed by atoms with Crippen molar-refractivity contribution in [3.63, 3.8) is 0 Å². The zero-order valence-electron chi connectivity index (χ0n) is 10.3. The van der Waals surface area contributed by atoms with E-state index in [1.165, 1.54) is 6.33 Å². The van der Waals surface area contributed by atoms with E-state index >= 15 is 0 Å². The van der Waals surface area contributed by atoms with E-state index in [1.807, 2.05) is 37.3 Å². The van der Waals surface area contributed by atoms with Crippen LogP contribution in [0.3, 0.4) is 0 Å². The molecule has 0 radical (unpaired) electrons. The maximum Gasteiger partial charge on any atom is 0.182 e. The molecule has 0 bridgehead atoms. The molecule has 2 N–H and O–H groups in total. The van der Waals surface area contributed by atoms with E-state index in [9.17, 15) is 0 Å². The molecular formula is C13H12N6. The summed E-state index contributed by atoms with van der Waals surface area (Å²) in [4.78, 5) is 15.2. The van der Waals surface area contributed by atoms with E-state index in [-0.39, 0.29) is 0 Å². The Labute approximate surface area is 109 Å². The fourth-order valence-electron chi connectivity index (χ4n) is 1.73. The summed E-state index contributed by atoms with van der Waals surface area (Å²) in [5, 5.41) is 4.32. The molecule has 0 fully saturated rings. The monoisotopic (exact) mass is 252 g/mol. The Morgan fingerprint density at radius 3 is 2.84 bits per heavy atom. The second-order valence-electron chi connectivity index (χ2n) is 4.00. The number of hydrogen-bond donors (Lipinski definition) is 2. The SMILES string of the molecule is C/C(=N/Nc1ncnc2nc[nH]c12)c1ccccc1. The van der Waals surface area contributed by atoms with Crippen LogP contribution in [0.2, 0.25) is 0 Å². The number of benzene rings is 1. The smallest absolute Gasteiger partial charge is 0.182 e. The molecule has 0 aliphatic rings. The van der Waals surface area contributed by atoms with Gasteiger partial charge in [0.2, 0.25) is 0 Å². The van der Waals surface area contributed by atoms with Crippen molar-refractivity contribution in [3.8, 4) is 0 Å². The number of imidazole rings is 1. The first-order valence-electron chi connectivity index (χ1n) is 5.84. The standard InChI is InChI=1S/C13H12N6/c1-9(10-5-3-2-4-6-10)18-19-13-11-12(15-7-14-11)16-8-17-13/h2-8H,1H3,(H2,14,15,16,17,19)/b18-9-. The van der Waals surface area contributed by atoms with E-state index in [0.29, 0.717) is 11.5 Å². The summed E-state index contributed by atoms with van der Waals surface area (Å²) in [6.45, 7) is 1.94. The fourth-order valence-corrected chi connectivity index (χ4v) is 1.73. The Kier molecular flexibility index (Phi) is 2.89. The Bertz CT molecular complexity index is 716. The van der Waals surface area contributed by atoms with Gasteiger partial charge in [-0.2, -0.15) is 5.10 Å². The molecule has 0 saturated heterocycles. The van der Waals surface area contributed by atoms with Crippen LogP contribution in [-0.2, 0) is 0 Å². The van der Waals surface area contributed by atoms with Gasteiger partial charge in [-0.25, -0.2) is 15.0 Å². The molecule has 0 unspecified atom stereocenters. The Hall–Kier alpha value is -2.76. The second kappa shape index (κ2) is 4.85. The first-order valence-corrected chi connectivity index (χ1v) is 5.84. The lowest BCUT2D eigenvalue weighted by atomic mass is 10.1. The highest BCUT2D eigenvalue weighted by Gasteiger charge is 2.04. The summed E-state index contributed by atoms with van der Waals surface area (Å²) in [5.74, 6) is 0.609. The van der Waals surface area contributed by atoms with E-state index in [1.54, 1.807) is 6.33 Å². The second-order valence-corrected chi connectivity index (χ2v) is 4.00. The van der Waals surface area contributed by atoms with Gasteiger partial charge in [0.1, 0.15) is 11.8 Å². The zero-order chi connectivity index (χ0) is 13.1. The highest BCUT2D eigenvalue weighted by molar-refractivity contribution is 5.99. The number of aromatic nitrogens is 4. The maximum atomic E-state index is 4.32. The van der Waals surface area contributed by atoms with Crippen LogP contribution in [0.25, 0.3) is 11.2 Å². The first kappa shape index (κ1) is 11.3. The molecule has 6 nitrogen and oxygen atoms in total. The third kappa shape index (κ3) is 2.28. The van der Waals surface area contributed by atoms with Gasteiger partial charge in [-0.15, -0.1) is 0 Å². The number of fused-ring (bicyclic) bond motifs is 1. The number of H-pyrrole nitrogens is 1. The molecule has 19 heavy (non-hydrogen) atoms.